The second kappa shape index (κ2) is 8.05. The Bertz CT molecular complexity index is 1150. The molecule has 170 valence electrons. The largest absolute Gasteiger partial charge is 0.593 e. The molecule has 3 aromatic heterocycles. The molecule has 0 aromatic carbocycles. The highest BCUT2D eigenvalue weighted by atomic mass is 32.3. The van der Waals surface area contributed by atoms with Gasteiger partial charge in [-0.2, -0.15) is 0 Å². The van der Waals surface area contributed by atoms with Gasteiger partial charge in [0.05, 0.1) is 18.0 Å². The van der Waals surface area contributed by atoms with Crippen molar-refractivity contribution in [3.05, 3.63) is 35.6 Å². The number of rotatable bonds is 4. The summed E-state index contributed by atoms with van der Waals surface area (Å²) in [5.41, 5.74) is 1.91. The molecule has 2 saturated heterocycles. The van der Waals surface area contributed by atoms with Crippen molar-refractivity contribution in [3.8, 4) is 0 Å². The average molecular weight is 459 g/mol. The topological polar surface area (TPSA) is 131 Å². The van der Waals surface area contributed by atoms with Gasteiger partial charge in [-0.25, -0.2) is 9.97 Å². The van der Waals surface area contributed by atoms with E-state index in [2.05, 4.69) is 20.1 Å². The average Bonchev–Trinajstić information content (AvgIpc) is 3.51. The van der Waals surface area contributed by atoms with Gasteiger partial charge in [0.15, 0.2) is 21.8 Å². The molecule has 0 aliphatic carbocycles. The zero-order valence-corrected chi connectivity index (χ0v) is 18.9. The summed E-state index contributed by atoms with van der Waals surface area (Å²) in [4.78, 5) is 27.4. The number of aromatic amines is 1. The molecule has 2 fully saturated rings. The van der Waals surface area contributed by atoms with Crippen molar-refractivity contribution in [2.75, 3.05) is 26.2 Å². The minimum atomic E-state index is -3.75. The summed E-state index contributed by atoms with van der Waals surface area (Å²) in [7, 11) is -3.75. The minimum absolute atomic E-state index is 0.0143. The Labute approximate surface area is 186 Å². The first-order valence-corrected chi connectivity index (χ1v) is 12.3. The van der Waals surface area contributed by atoms with E-state index >= 15 is 0 Å². The molecule has 0 radical (unpaired) electrons. The molecule has 0 spiro atoms. The van der Waals surface area contributed by atoms with Crippen molar-refractivity contribution >= 4 is 27.5 Å². The summed E-state index contributed by atoms with van der Waals surface area (Å²) < 4.78 is 32.8. The molecule has 2 aliphatic rings. The van der Waals surface area contributed by atoms with E-state index in [1.165, 1.54) is 4.31 Å². The lowest BCUT2D eigenvalue weighted by Gasteiger charge is -2.34. The number of hydrogen-bond donors (Lipinski definition) is 1. The Hall–Kier alpha value is -2.63. The van der Waals surface area contributed by atoms with Crippen molar-refractivity contribution in [2.24, 2.45) is 5.92 Å². The number of carbonyl (C=O) groups is 1. The predicted molar refractivity (Wildman–Crippen MR) is 115 cm³/mol. The molecule has 0 saturated carbocycles. The van der Waals surface area contributed by atoms with Gasteiger partial charge in [0.25, 0.3) is 0 Å². The zero-order valence-electron chi connectivity index (χ0n) is 18.1. The van der Waals surface area contributed by atoms with Crippen molar-refractivity contribution in [3.63, 3.8) is 0 Å². The van der Waals surface area contributed by atoms with Crippen LogP contribution in [0.15, 0.2) is 27.7 Å². The van der Waals surface area contributed by atoms with Crippen LogP contribution in [0.2, 0.25) is 0 Å². The maximum atomic E-state index is 13.3. The van der Waals surface area contributed by atoms with Crippen molar-refractivity contribution in [1.82, 2.24) is 29.3 Å². The number of pyridine rings is 1. The highest BCUT2D eigenvalue weighted by Crippen LogP contribution is 2.33. The second-order valence-corrected chi connectivity index (χ2v) is 10.5. The Balaban J connectivity index is 1.28. The van der Waals surface area contributed by atoms with Gasteiger partial charge in [0.1, 0.15) is 11.5 Å². The minimum Gasteiger partial charge on any atom is -0.593 e. The monoisotopic (exact) mass is 458 g/mol. The molecule has 5 heterocycles. The number of piperidine rings is 1. The van der Waals surface area contributed by atoms with Gasteiger partial charge in [-0.15, -0.1) is 4.31 Å². The van der Waals surface area contributed by atoms with Crippen LogP contribution in [-0.4, -0.2) is 66.0 Å². The fourth-order valence-electron chi connectivity index (χ4n) is 4.83. The molecule has 3 atom stereocenters. The molecule has 0 bridgehead atoms. The molecule has 1 amide bonds. The summed E-state index contributed by atoms with van der Waals surface area (Å²) in [6.07, 6.45) is 3.86. The SMILES string of the molecule is Cc1noc(C)c1[S+](=O)([O-])N1CCCC(C(=O)N2CCC(c3nc4ncccc4[nH]3)C2)C1. The lowest BCUT2D eigenvalue weighted by Crippen LogP contribution is -2.48. The van der Waals surface area contributed by atoms with E-state index in [0.717, 1.165) is 17.8 Å². The van der Waals surface area contributed by atoms with Crippen LogP contribution in [0.4, 0.5) is 0 Å². The third-order valence-electron chi connectivity index (χ3n) is 6.46. The van der Waals surface area contributed by atoms with Gasteiger partial charge in [0.2, 0.25) is 10.8 Å². The number of amides is 1. The molecule has 3 unspecified atom stereocenters. The van der Waals surface area contributed by atoms with Gasteiger partial charge in [-0.05, 0) is 38.3 Å². The Morgan fingerprint density at radius 3 is 2.88 bits per heavy atom. The van der Waals surface area contributed by atoms with Crippen LogP contribution in [0.5, 0.6) is 0 Å². The molecule has 2 aliphatic heterocycles. The van der Waals surface area contributed by atoms with E-state index in [-0.39, 0.29) is 34.9 Å². The van der Waals surface area contributed by atoms with Crippen molar-refractivity contribution in [1.29, 1.82) is 0 Å². The molecule has 1 N–H and O–H groups in total. The fraction of sp³-hybridized carbons (Fsp3) is 0.524. The van der Waals surface area contributed by atoms with Crippen LogP contribution in [-0.2, 0) is 19.4 Å². The smallest absolute Gasteiger partial charge is 0.240 e. The molecule has 11 heteroatoms. The van der Waals surface area contributed by atoms with Gasteiger partial charge < -0.3 is 19.0 Å². The van der Waals surface area contributed by atoms with Crippen LogP contribution in [0.3, 0.4) is 0 Å². The number of nitrogens with zero attached hydrogens (tertiary/aromatic N) is 5. The van der Waals surface area contributed by atoms with Crippen molar-refractivity contribution in [2.45, 2.75) is 43.9 Å². The van der Waals surface area contributed by atoms with Crippen LogP contribution >= 0.6 is 0 Å². The normalized spacial score (nSPS) is 24.2. The lowest BCUT2D eigenvalue weighted by atomic mass is 9.98. The molecular formula is C21H26N6O4S. The summed E-state index contributed by atoms with van der Waals surface area (Å²) >= 11 is 0. The predicted octanol–water partition coefficient (Wildman–Crippen LogP) is 2.19. The number of imidazole rings is 1. The first-order chi connectivity index (χ1) is 15.3. The Morgan fingerprint density at radius 1 is 1.28 bits per heavy atom. The zero-order chi connectivity index (χ0) is 22.5. The second-order valence-electron chi connectivity index (χ2n) is 8.62. The maximum absolute atomic E-state index is 13.3. The number of likely N-dealkylation sites (tertiary alicyclic amines) is 1. The number of hydrogen-bond acceptors (Lipinski definition) is 7. The third-order valence-corrected chi connectivity index (χ3v) is 8.57. The van der Waals surface area contributed by atoms with Crippen LogP contribution < -0.4 is 0 Å². The summed E-state index contributed by atoms with van der Waals surface area (Å²) in [6, 6.07) is 3.80. The number of sulfonamides is 1. The third kappa shape index (κ3) is 3.63. The lowest BCUT2D eigenvalue weighted by molar-refractivity contribution is -0.135. The molecule has 32 heavy (non-hydrogen) atoms. The van der Waals surface area contributed by atoms with Crippen LogP contribution in [0.1, 0.15) is 42.5 Å². The Morgan fingerprint density at radius 2 is 2.12 bits per heavy atom. The van der Waals surface area contributed by atoms with E-state index in [4.69, 9.17) is 4.52 Å². The van der Waals surface area contributed by atoms with E-state index in [0.29, 0.717) is 43.8 Å². The molecule has 3 aromatic rings. The van der Waals surface area contributed by atoms with Gasteiger partial charge in [0, 0.05) is 38.7 Å². The number of fused-ring (bicyclic) bond motifs is 1. The molecule has 10 nitrogen and oxygen atoms in total. The molecule has 5 rings (SSSR count). The fourth-order valence-corrected chi connectivity index (χ4v) is 6.65. The standard InChI is InChI=1S/C21H26N6O4S/c1-13-18(14(2)31-25-13)32(29,30)27-9-4-5-16(12-27)21(28)26-10-7-15(11-26)19-23-17-6-3-8-22-20(17)24-19/h3,6,8,15-16H,4-5,7,9-12H2,1-2H3,(H-,22,23,24,29,30). The number of carbonyl (C=O) groups excluding carboxylic acids is 1. The number of aryl methyl sites for hydroxylation is 2. The van der Waals surface area contributed by atoms with E-state index in [9.17, 15) is 13.6 Å². The van der Waals surface area contributed by atoms with Crippen molar-refractivity contribution < 1.29 is 18.1 Å². The van der Waals surface area contributed by atoms with E-state index in [1.807, 2.05) is 17.0 Å². The first-order valence-electron chi connectivity index (χ1n) is 10.9. The number of H-pyrrole nitrogens is 1. The van der Waals surface area contributed by atoms with Crippen LogP contribution in [0, 0.1) is 19.8 Å². The quantitative estimate of drug-likeness (QED) is 0.593. The van der Waals surface area contributed by atoms with E-state index < -0.39 is 10.4 Å². The van der Waals surface area contributed by atoms with Gasteiger partial charge in [-0.3, -0.25) is 4.79 Å². The first kappa shape index (κ1) is 21.2. The molecular weight excluding hydrogens is 432 g/mol. The summed E-state index contributed by atoms with van der Waals surface area (Å²) in [5, 5.41) is 3.78. The van der Waals surface area contributed by atoms with Gasteiger partial charge in [-0.1, -0.05) is 9.37 Å². The van der Waals surface area contributed by atoms with Crippen LogP contribution in [0.25, 0.3) is 11.2 Å². The highest BCUT2D eigenvalue weighted by molar-refractivity contribution is 7.95. The summed E-state index contributed by atoms with van der Waals surface area (Å²) in [6.45, 7) is 5.00. The highest BCUT2D eigenvalue weighted by Gasteiger charge is 2.42. The van der Waals surface area contributed by atoms with E-state index in [1.54, 1.807) is 20.0 Å². The summed E-state index contributed by atoms with van der Waals surface area (Å²) in [5.74, 6) is 0.910. The number of nitrogens with one attached hydrogen (secondary N) is 1. The maximum Gasteiger partial charge on any atom is 0.240 e. The number of aromatic nitrogens is 4. The Kier molecular flexibility index (Phi) is 5.34. The van der Waals surface area contributed by atoms with Gasteiger partial charge >= 0.3 is 0 Å².